The number of hydrogen-bond acceptors (Lipinski definition) is 5. The van der Waals surface area contributed by atoms with Crippen molar-refractivity contribution in [3.63, 3.8) is 0 Å². The number of benzene rings is 3. The Balaban J connectivity index is 1.54. The molecule has 0 atom stereocenters. The van der Waals surface area contributed by atoms with Crippen molar-refractivity contribution < 1.29 is 22.7 Å². The van der Waals surface area contributed by atoms with Gasteiger partial charge in [0, 0.05) is 11.3 Å². The third-order valence-electron chi connectivity index (χ3n) is 4.15. The van der Waals surface area contributed by atoms with Crippen LogP contribution in [-0.4, -0.2) is 34.6 Å². The second-order valence-corrected chi connectivity index (χ2v) is 7.96. The molecule has 0 heterocycles. The fourth-order valence-electron chi connectivity index (χ4n) is 2.65. The average molecular weight is 426 g/mol. The SMILES string of the molecule is COc1ccc(OCCNC(=O)c2cccc(NS(=O)(=O)c3ccccc3)c2)cc1. The number of carbonyl (C=O) groups excluding carboxylic acids is 1. The summed E-state index contributed by atoms with van der Waals surface area (Å²) in [6.07, 6.45) is 0. The number of hydrogen-bond donors (Lipinski definition) is 2. The van der Waals surface area contributed by atoms with E-state index in [1.54, 1.807) is 67.8 Å². The van der Waals surface area contributed by atoms with Gasteiger partial charge in [-0.05, 0) is 54.6 Å². The fourth-order valence-corrected chi connectivity index (χ4v) is 3.72. The van der Waals surface area contributed by atoms with Gasteiger partial charge >= 0.3 is 0 Å². The van der Waals surface area contributed by atoms with Crippen molar-refractivity contribution in [2.45, 2.75) is 4.90 Å². The smallest absolute Gasteiger partial charge is 0.261 e. The Labute approximate surface area is 175 Å². The largest absolute Gasteiger partial charge is 0.497 e. The van der Waals surface area contributed by atoms with Gasteiger partial charge in [0.05, 0.1) is 18.6 Å². The first-order valence-electron chi connectivity index (χ1n) is 9.21. The van der Waals surface area contributed by atoms with Crippen LogP contribution in [0.1, 0.15) is 10.4 Å². The summed E-state index contributed by atoms with van der Waals surface area (Å²) in [5, 5.41) is 2.75. The lowest BCUT2D eigenvalue weighted by atomic mass is 10.2. The molecule has 0 aliphatic heterocycles. The topological polar surface area (TPSA) is 93.7 Å². The summed E-state index contributed by atoms with van der Waals surface area (Å²) in [6.45, 7) is 0.587. The molecular formula is C22H22N2O5S. The Hall–Kier alpha value is -3.52. The van der Waals surface area contributed by atoms with Crippen molar-refractivity contribution in [3.05, 3.63) is 84.4 Å². The minimum atomic E-state index is -3.72. The summed E-state index contributed by atoms with van der Waals surface area (Å²) in [6, 6.07) is 21.5. The lowest BCUT2D eigenvalue weighted by Gasteiger charge is -2.11. The normalized spacial score (nSPS) is 10.8. The highest BCUT2D eigenvalue weighted by molar-refractivity contribution is 7.92. The first-order valence-corrected chi connectivity index (χ1v) is 10.7. The predicted molar refractivity (Wildman–Crippen MR) is 115 cm³/mol. The molecule has 8 heteroatoms. The van der Waals surface area contributed by atoms with Crippen molar-refractivity contribution in [1.29, 1.82) is 0 Å². The maximum atomic E-state index is 12.4. The van der Waals surface area contributed by atoms with Crippen LogP contribution in [0.2, 0.25) is 0 Å². The summed E-state index contributed by atoms with van der Waals surface area (Å²) in [5.74, 6) is 1.08. The van der Waals surface area contributed by atoms with Crippen LogP contribution in [0.3, 0.4) is 0 Å². The lowest BCUT2D eigenvalue weighted by molar-refractivity contribution is 0.0947. The summed E-state index contributed by atoms with van der Waals surface area (Å²) >= 11 is 0. The second-order valence-electron chi connectivity index (χ2n) is 6.28. The minimum absolute atomic E-state index is 0.149. The number of ether oxygens (including phenoxy) is 2. The van der Waals surface area contributed by atoms with E-state index in [2.05, 4.69) is 10.0 Å². The monoisotopic (exact) mass is 426 g/mol. The van der Waals surface area contributed by atoms with Gasteiger partial charge in [-0.15, -0.1) is 0 Å². The number of methoxy groups -OCH3 is 1. The molecule has 2 N–H and O–H groups in total. The highest BCUT2D eigenvalue weighted by atomic mass is 32.2. The van der Waals surface area contributed by atoms with Crippen LogP contribution in [0.25, 0.3) is 0 Å². The van der Waals surface area contributed by atoms with Gasteiger partial charge in [0.1, 0.15) is 18.1 Å². The number of amides is 1. The highest BCUT2D eigenvalue weighted by Crippen LogP contribution is 2.18. The van der Waals surface area contributed by atoms with Crippen LogP contribution in [0, 0.1) is 0 Å². The van der Waals surface area contributed by atoms with E-state index in [4.69, 9.17) is 9.47 Å². The number of nitrogens with one attached hydrogen (secondary N) is 2. The molecule has 3 rings (SSSR count). The van der Waals surface area contributed by atoms with Crippen LogP contribution in [-0.2, 0) is 10.0 Å². The van der Waals surface area contributed by atoms with E-state index in [9.17, 15) is 13.2 Å². The quantitative estimate of drug-likeness (QED) is 0.512. The molecule has 0 radical (unpaired) electrons. The molecular weight excluding hydrogens is 404 g/mol. The average Bonchev–Trinajstić information content (AvgIpc) is 2.77. The summed E-state index contributed by atoms with van der Waals surface area (Å²) in [4.78, 5) is 12.5. The molecule has 156 valence electrons. The van der Waals surface area contributed by atoms with E-state index >= 15 is 0 Å². The molecule has 3 aromatic carbocycles. The van der Waals surface area contributed by atoms with Crippen molar-refractivity contribution in [3.8, 4) is 11.5 Å². The lowest BCUT2D eigenvalue weighted by Crippen LogP contribution is -2.28. The molecule has 0 unspecified atom stereocenters. The van der Waals surface area contributed by atoms with Crippen LogP contribution in [0.5, 0.6) is 11.5 Å². The standard InChI is InChI=1S/C22H22N2O5S/c1-28-19-10-12-20(13-11-19)29-15-14-23-22(25)17-6-5-7-18(16-17)24-30(26,27)21-8-3-2-4-9-21/h2-13,16,24H,14-15H2,1H3,(H,23,25). The fraction of sp³-hybridized carbons (Fsp3) is 0.136. The molecule has 7 nitrogen and oxygen atoms in total. The van der Waals surface area contributed by atoms with Crippen LogP contribution in [0.4, 0.5) is 5.69 Å². The van der Waals surface area contributed by atoms with E-state index in [0.29, 0.717) is 30.2 Å². The van der Waals surface area contributed by atoms with Gasteiger partial charge in [0.15, 0.2) is 0 Å². The maximum Gasteiger partial charge on any atom is 0.261 e. The second kappa shape index (κ2) is 9.80. The summed E-state index contributed by atoms with van der Waals surface area (Å²) in [7, 11) is -2.13. The van der Waals surface area contributed by atoms with Gasteiger partial charge in [0.25, 0.3) is 15.9 Å². The summed E-state index contributed by atoms with van der Waals surface area (Å²) in [5.41, 5.74) is 0.647. The van der Waals surface area contributed by atoms with Gasteiger partial charge < -0.3 is 14.8 Å². The van der Waals surface area contributed by atoms with Gasteiger partial charge in [-0.1, -0.05) is 24.3 Å². The first kappa shape index (κ1) is 21.2. The molecule has 3 aromatic rings. The highest BCUT2D eigenvalue weighted by Gasteiger charge is 2.14. The molecule has 0 aliphatic carbocycles. The Kier molecular flexibility index (Phi) is 6.92. The third kappa shape index (κ3) is 5.74. The zero-order valence-corrected chi connectivity index (χ0v) is 17.2. The van der Waals surface area contributed by atoms with E-state index in [-0.39, 0.29) is 10.8 Å². The van der Waals surface area contributed by atoms with Gasteiger partial charge in [-0.25, -0.2) is 8.42 Å². The number of rotatable bonds is 9. The van der Waals surface area contributed by atoms with Crippen molar-refractivity contribution in [2.75, 3.05) is 25.0 Å². The zero-order chi connectivity index (χ0) is 21.4. The number of carbonyl (C=O) groups is 1. The Morgan fingerprint density at radius 3 is 2.30 bits per heavy atom. The van der Waals surface area contributed by atoms with Crippen molar-refractivity contribution in [2.24, 2.45) is 0 Å². The van der Waals surface area contributed by atoms with Crippen molar-refractivity contribution >= 4 is 21.6 Å². The molecule has 0 saturated heterocycles. The molecule has 0 saturated carbocycles. The Morgan fingerprint density at radius 2 is 1.60 bits per heavy atom. The van der Waals surface area contributed by atoms with Crippen LogP contribution >= 0.6 is 0 Å². The molecule has 1 amide bonds. The molecule has 0 bridgehead atoms. The molecule has 30 heavy (non-hydrogen) atoms. The molecule has 0 fully saturated rings. The van der Waals surface area contributed by atoms with Gasteiger partial charge in [-0.3, -0.25) is 9.52 Å². The van der Waals surface area contributed by atoms with Crippen LogP contribution in [0.15, 0.2) is 83.8 Å². The molecule has 0 spiro atoms. The molecule has 0 aliphatic rings. The van der Waals surface area contributed by atoms with E-state index in [1.165, 1.54) is 18.2 Å². The van der Waals surface area contributed by atoms with Crippen molar-refractivity contribution in [1.82, 2.24) is 5.32 Å². The van der Waals surface area contributed by atoms with Gasteiger partial charge in [-0.2, -0.15) is 0 Å². The number of sulfonamides is 1. The Morgan fingerprint density at radius 1 is 0.900 bits per heavy atom. The first-order chi connectivity index (χ1) is 14.5. The third-order valence-corrected chi connectivity index (χ3v) is 5.54. The van der Waals surface area contributed by atoms with E-state index in [1.807, 2.05) is 0 Å². The minimum Gasteiger partial charge on any atom is -0.497 e. The summed E-state index contributed by atoms with van der Waals surface area (Å²) < 4.78 is 38.0. The van der Waals surface area contributed by atoms with E-state index < -0.39 is 10.0 Å². The predicted octanol–water partition coefficient (Wildman–Crippen LogP) is 3.30. The van der Waals surface area contributed by atoms with Crippen LogP contribution < -0.4 is 19.5 Å². The number of anilines is 1. The maximum absolute atomic E-state index is 12.4. The molecule has 0 aromatic heterocycles. The Bertz CT molecular complexity index is 1080. The van der Waals surface area contributed by atoms with E-state index in [0.717, 1.165) is 5.75 Å². The zero-order valence-electron chi connectivity index (χ0n) is 16.4. The van der Waals surface area contributed by atoms with Gasteiger partial charge in [0.2, 0.25) is 0 Å².